The predicted octanol–water partition coefficient (Wildman–Crippen LogP) is 5.19. The van der Waals surface area contributed by atoms with Gasteiger partial charge in [-0.1, -0.05) is 35.3 Å². The molecule has 0 aromatic heterocycles. The fourth-order valence-electron chi connectivity index (χ4n) is 1.90. The number of rotatable bonds is 7. The molecule has 0 radical (unpaired) electrons. The average Bonchev–Trinajstić information content (AvgIpc) is 2.52. The van der Waals surface area contributed by atoms with Crippen LogP contribution < -0.4 is 10.1 Å². The maximum Gasteiger partial charge on any atom is 0.234 e. The van der Waals surface area contributed by atoms with Crippen LogP contribution in [0.25, 0.3) is 0 Å². The van der Waals surface area contributed by atoms with Crippen LogP contribution in [0.5, 0.6) is 5.75 Å². The minimum absolute atomic E-state index is 0.185. The minimum Gasteiger partial charge on any atom is -0.490 e. The molecule has 2 aromatic rings. The number of thioether (sulfide) groups is 1. The molecule has 1 amide bonds. The van der Waals surface area contributed by atoms with Crippen molar-refractivity contribution in [3.63, 3.8) is 0 Å². The maximum absolute atomic E-state index is 13.7. The van der Waals surface area contributed by atoms with Crippen LogP contribution in [0.15, 0.2) is 36.4 Å². The molecule has 0 aliphatic heterocycles. The van der Waals surface area contributed by atoms with Gasteiger partial charge >= 0.3 is 0 Å². The Morgan fingerprint density at radius 2 is 1.96 bits per heavy atom. The summed E-state index contributed by atoms with van der Waals surface area (Å²) in [4.78, 5) is 11.8. The molecule has 0 saturated heterocycles. The van der Waals surface area contributed by atoms with Crippen LogP contribution in [0.4, 0.5) is 10.1 Å². The molecule has 0 spiro atoms. The van der Waals surface area contributed by atoms with E-state index in [0.717, 1.165) is 5.56 Å². The fraction of sp³-hybridized carbons (Fsp3) is 0.235. The number of halogens is 3. The lowest BCUT2D eigenvalue weighted by molar-refractivity contribution is -0.113. The highest BCUT2D eigenvalue weighted by Crippen LogP contribution is 2.32. The Bertz CT molecular complexity index is 707. The molecule has 0 fully saturated rings. The highest BCUT2D eigenvalue weighted by Gasteiger charge is 2.08. The molecule has 0 bridgehead atoms. The molecule has 2 rings (SSSR count). The molecule has 24 heavy (non-hydrogen) atoms. The lowest BCUT2D eigenvalue weighted by atomic mass is 10.2. The van der Waals surface area contributed by atoms with Gasteiger partial charge in [-0.3, -0.25) is 4.79 Å². The number of carbonyl (C=O) groups is 1. The normalized spacial score (nSPS) is 10.5. The zero-order chi connectivity index (χ0) is 17.5. The van der Waals surface area contributed by atoms with Crippen LogP contribution >= 0.6 is 35.0 Å². The number of nitrogens with one attached hydrogen (secondary N) is 1. The van der Waals surface area contributed by atoms with E-state index in [2.05, 4.69) is 5.32 Å². The summed E-state index contributed by atoms with van der Waals surface area (Å²) in [5.41, 5.74) is 0.987. The second kappa shape index (κ2) is 9.16. The Morgan fingerprint density at radius 1 is 1.25 bits per heavy atom. The molecule has 0 unspecified atom stereocenters. The Kier molecular flexibility index (Phi) is 7.21. The molecule has 128 valence electrons. The molecule has 0 aliphatic carbocycles. The first-order valence-electron chi connectivity index (χ1n) is 7.18. The second-order valence-corrected chi connectivity index (χ2v) is 6.90. The van der Waals surface area contributed by atoms with E-state index in [4.69, 9.17) is 27.9 Å². The van der Waals surface area contributed by atoms with Gasteiger partial charge in [-0.05, 0) is 36.8 Å². The van der Waals surface area contributed by atoms with Crippen LogP contribution in [0.1, 0.15) is 5.56 Å². The van der Waals surface area contributed by atoms with Crippen LogP contribution in [0, 0.1) is 12.7 Å². The van der Waals surface area contributed by atoms with Crippen molar-refractivity contribution in [1.82, 2.24) is 0 Å². The highest BCUT2D eigenvalue weighted by molar-refractivity contribution is 7.99. The van der Waals surface area contributed by atoms with Gasteiger partial charge in [-0.15, -0.1) is 11.8 Å². The van der Waals surface area contributed by atoms with Crippen molar-refractivity contribution >= 4 is 46.6 Å². The molecule has 7 heteroatoms. The largest absolute Gasteiger partial charge is 0.490 e. The Morgan fingerprint density at radius 3 is 2.62 bits per heavy atom. The van der Waals surface area contributed by atoms with E-state index in [0.29, 0.717) is 28.2 Å². The summed E-state index contributed by atoms with van der Waals surface area (Å²) >= 11 is 13.4. The number of benzene rings is 2. The van der Waals surface area contributed by atoms with Crippen molar-refractivity contribution in [2.75, 3.05) is 23.4 Å². The summed E-state index contributed by atoms with van der Waals surface area (Å²) in [5.74, 6) is 0.509. The summed E-state index contributed by atoms with van der Waals surface area (Å²) in [5, 5.41) is 3.44. The van der Waals surface area contributed by atoms with E-state index in [1.807, 2.05) is 0 Å². The van der Waals surface area contributed by atoms with Crippen molar-refractivity contribution < 1.29 is 13.9 Å². The van der Waals surface area contributed by atoms with E-state index in [9.17, 15) is 9.18 Å². The van der Waals surface area contributed by atoms with Gasteiger partial charge in [0.2, 0.25) is 5.91 Å². The van der Waals surface area contributed by atoms with E-state index < -0.39 is 5.82 Å². The van der Waals surface area contributed by atoms with Gasteiger partial charge in [0.25, 0.3) is 0 Å². The average molecular weight is 388 g/mol. The third-order valence-corrected chi connectivity index (χ3v) is 4.54. The standard InChI is InChI=1S/C17H16Cl2FNO2S/c1-11-5-6-15(14(20)9-11)21-16(22)10-24-8-7-23-17-12(18)3-2-4-13(17)19/h2-6,9H,7-8,10H2,1H3,(H,21,22). The highest BCUT2D eigenvalue weighted by atomic mass is 35.5. The number of anilines is 1. The third kappa shape index (κ3) is 5.58. The molecular formula is C17H16Cl2FNO2S. The third-order valence-electron chi connectivity index (χ3n) is 3.02. The molecule has 0 aliphatic rings. The Balaban J connectivity index is 1.71. The Hall–Kier alpha value is -1.43. The van der Waals surface area contributed by atoms with Crippen molar-refractivity contribution in [2.24, 2.45) is 0 Å². The monoisotopic (exact) mass is 387 g/mol. The zero-order valence-electron chi connectivity index (χ0n) is 12.9. The topological polar surface area (TPSA) is 38.3 Å². The summed E-state index contributed by atoms with van der Waals surface area (Å²) in [7, 11) is 0. The molecule has 0 saturated carbocycles. The van der Waals surface area contributed by atoms with Gasteiger partial charge in [0.05, 0.1) is 28.1 Å². The maximum atomic E-state index is 13.7. The summed E-state index contributed by atoms with van der Waals surface area (Å²) in [6, 6.07) is 9.80. The van der Waals surface area contributed by atoms with Crippen molar-refractivity contribution in [3.05, 3.63) is 57.8 Å². The van der Waals surface area contributed by atoms with Crippen LogP contribution in [-0.2, 0) is 4.79 Å². The van der Waals surface area contributed by atoms with Crippen molar-refractivity contribution in [1.29, 1.82) is 0 Å². The van der Waals surface area contributed by atoms with Crippen LogP contribution in [0.2, 0.25) is 10.0 Å². The number of aryl methyl sites for hydroxylation is 1. The molecule has 0 atom stereocenters. The first-order valence-corrected chi connectivity index (χ1v) is 9.09. The van der Waals surface area contributed by atoms with E-state index in [1.54, 1.807) is 37.3 Å². The van der Waals surface area contributed by atoms with Crippen LogP contribution in [-0.4, -0.2) is 24.0 Å². The van der Waals surface area contributed by atoms with E-state index in [-0.39, 0.29) is 17.3 Å². The van der Waals surface area contributed by atoms with Gasteiger partial charge in [0.15, 0.2) is 5.75 Å². The molecule has 1 N–H and O–H groups in total. The van der Waals surface area contributed by atoms with Gasteiger partial charge in [-0.25, -0.2) is 4.39 Å². The SMILES string of the molecule is Cc1ccc(NC(=O)CSCCOc2c(Cl)cccc2Cl)c(F)c1. The van der Waals surface area contributed by atoms with Gasteiger partial charge in [0.1, 0.15) is 5.82 Å². The van der Waals surface area contributed by atoms with E-state index in [1.165, 1.54) is 17.8 Å². The van der Waals surface area contributed by atoms with Crippen LogP contribution in [0.3, 0.4) is 0 Å². The number of carbonyl (C=O) groups excluding carboxylic acids is 1. The summed E-state index contributed by atoms with van der Waals surface area (Å²) < 4.78 is 19.2. The lowest BCUT2D eigenvalue weighted by Crippen LogP contribution is -2.16. The minimum atomic E-state index is -0.440. The summed E-state index contributed by atoms with van der Waals surface area (Å²) in [6.45, 7) is 2.15. The molecule has 0 heterocycles. The summed E-state index contributed by atoms with van der Waals surface area (Å²) in [6.07, 6.45) is 0. The number of hydrogen-bond acceptors (Lipinski definition) is 3. The second-order valence-electron chi connectivity index (χ2n) is 4.98. The number of hydrogen-bond donors (Lipinski definition) is 1. The quantitative estimate of drug-likeness (QED) is 0.664. The predicted molar refractivity (Wildman–Crippen MR) is 99.0 cm³/mol. The first kappa shape index (κ1) is 18.9. The number of para-hydroxylation sites is 1. The fourth-order valence-corrected chi connectivity index (χ4v) is 3.01. The molecule has 3 nitrogen and oxygen atoms in total. The van der Waals surface area contributed by atoms with E-state index >= 15 is 0 Å². The van der Waals surface area contributed by atoms with Crippen molar-refractivity contribution in [3.8, 4) is 5.75 Å². The number of amides is 1. The zero-order valence-corrected chi connectivity index (χ0v) is 15.3. The Labute approximate surface area is 154 Å². The molecular weight excluding hydrogens is 372 g/mol. The number of ether oxygens (including phenoxy) is 1. The lowest BCUT2D eigenvalue weighted by Gasteiger charge is -2.10. The van der Waals surface area contributed by atoms with Gasteiger partial charge in [-0.2, -0.15) is 0 Å². The molecule has 2 aromatic carbocycles. The van der Waals surface area contributed by atoms with Gasteiger partial charge in [0, 0.05) is 5.75 Å². The van der Waals surface area contributed by atoms with Gasteiger partial charge < -0.3 is 10.1 Å². The first-order chi connectivity index (χ1) is 11.5. The smallest absolute Gasteiger partial charge is 0.234 e. The van der Waals surface area contributed by atoms with Crippen molar-refractivity contribution in [2.45, 2.75) is 6.92 Å².